The molecule has 11 heavy (non-hydrogen) atoms. The average molecular weight is 160 g/mol. The van der Waals surface area contributed by atoms with Crippen LogP contribution in [0.2, 0.25) is 0 Å². The largest absolute Gasteiger partial charge is 0.359 e. The van der Waals surface area contributed by atoms with Crippen LogP contribution in [0.25, 0.3) is 0 Å². The van der Waals surface area contributed by atoms with E-state index >= 15 is 0 Å². The molecule has 0 radical (unpaired) electrons. The molecule has 1 amide bonds. The second-order valence-electron chi connectivity index (χ2n) is 2.42. The number of hydrogen-bond donors (Lipinski definition) is 1. The number of carbonyl (C=O) groups is 1. The van der Waals surface area contributed by atoms with Gasteiger partial charge in [0.2, 0.25) is 5.91 Å². The normalized spacial score (nSPS) is 8.55. The Balaban J connectivity index is 0. The minimum atomic E-state index is 0.0926. The number of amides is 1. The molecule has 3 nitrogen and oxygen atoms in total. The molecule has 0 atom stereocenters. The third-order valence-electron chi connectivity index (χ3n) is 1.23. The van der Waals surface area contributed by atoms with Gasteiger partial charge in [-0.25, -0.2) is 0 Å². The van der Waals surface area contributed by atoms with E-state index in [9.17, 15) is 4.79 Å². The molecule has 0 aliphatic rings. The van der Waals surface area contributed by atoms with Gasteiger partial charge in [-0.05, 0) is 20.6 Å². The number of rotatable bonds is 2. The van der Waals surface area contributed by atoms with Gasteiger partial charge in [0.1, 0.15) is 0 Å². The van der Waals surface area contributed by atoms with E-state index in [1.165, 1.54) is 0 Å². The first-order chi connectivity index (χ1) is 5.08. The molecular formula is C8H20N2O. The molecule has 0 aromatic heterocycles. The van der Waals surface area contributed by atoms with E-state index in [2.05, 4.69) is 31.2 Å². The summed E-state index contributed by atoms with van der Waals surface area (Å²) in [6, 6.07) is 0. The summed E-state index contributed by atoms with van der Waals surface area (Å²) in [4.78, 5) is 12.2. The molecule has 0 spiro atoms. The van der Waals surface area contributed by atoms with Crippen LogP contribution in [-0.4, -0.2) is 38.5 Å². The average Bonchev–Trinajstić information content (AvgIpc) is 2.04. The Labute approximate surface area is 69.8 Å². The van der Waals surface area contributed by atoms with E-state index in [-0.39, 0.29) is 5.91 Å². The molecule has 0 rings (SSSR count). The van der Waals surface area contributed by atoms with Crippen molar-refractivity contribution in [3.05, 3.63) is 0 Å². The Morgan fingerprint density at radius 1 is 1.36 bits per heavy atom. The van der Waals surface area contributed by atoms with Crippen molar-refractivity contribution < 1.29 is 4.79 Å². The number of hydrogen-bond acceptors (Lipinski definition) is 2. The lowest BCUT2D eigenvalue weighted by molar-refractivity contribution is -0.120. The quantitative estimate of drug-likeness (QED) is 0.645. The zero-order valence-corrected chi connectivity index (χ0v) is 8.27. The van der Waals surface area contributed by atoms with Crippen molar-refractivity contribution in [3.63, 3.8) is 0 Å². The maximum Gasteiger partial charge on any atom is 0.219 e. The Morgan fingerprint density at radius 2 is 1.73 bits per heavy atom. The third-order valence-corrected chi connectivity index (χ3v) is 1.23. The summed E-state index contributed by atoms with van der Waals surface area (Å²) in [5.41, 5.74) is 0. The SMILES string of the molecule is CCC(=O)NC.CCN(C)C. The minimum Gasteiger partial charge on any atom is -0.359 e. The van der Waals surface area contributed by atoms with Crippen LogP contribution in [-0.2, 0) is 4.79 Å². The second kappa shape index (κ2) is 9.43. The van der Waals surface area contributed by atoms with Gasteiger partial charge < -0.3 is 10.2 Å². The van der Waals surface area contributed by atoms with E-state index in [1.54, 1.807) is 7.05 Å². The summed E-state index contributed by atoms with van der Waals surface area (Å²) in [5, 5.41) is 2.48. The standard InChI is InChI=1S/C4H9NO.C4H11N/c1-3-4(6)5-2;1-4-5(2)3/h3H2,1-2H3,(H,5,6);4H2,1-3H3. The number of nitrogens with zero attached hydrogens (tertiary/aromatic N) is 1. The van der Waals surface area contributed by atoms with Crippen molar-refractivity contribution in [2.75, 3.05) is 27.7 Å². The molecule has 0 unspecified atom stereocenters. The van der Waals surface area contributed by atoms with Gasteiger partial charge in [0, 0.05) is 13.5 Å². The molecule has 0 aliphatic heterocycles. The summed E-state index contributed by atoms with van der Waals surface area (Å²) in [6.07, 6.45) is 0.580. The lowest BCUT2D eigenvalue weighted by Gasteiger charge is -2.00. The molecule has 3 heteroatoms. The van der Waals surface area contributed by atoms with Gasteiger partial charge in [0.15, 0.2) is 0 Å². The van der Waals surface area contributed by atoms with Gasteiger partial charge >= 0.3 is 0 Å². The number of nitrogens with one attached hydrogen (secondary N) is 1. The zero-order valence-electron chi connectivity index (χ0n) is 8.27. The highest BCUT2D eigenvalue weighted by atomic mass is 16.1. The second-order valence-corrected chi connectivity index (χ2v) is 2.42. The van der Waals surface area contributed by atoms with Crippen LogP contribution in [0.4, 0.5) is 0 Å². The molecule has 0 aliphatic carbocycles. The molecule has 0 saturated heterocycles. The maximum atomic E-state index is 10.1. The van der Waals surface area contributed by atoms with Gasteiger partial charge in [-0.2, -0.15) is 0 Å². The lowest BCUT2D eigenvalue weighted by Crippen LogP contribution is -2.15. The first-order valence-electron chi connectivity index (χ1n) is 3.93. The van der Waals surface area contributed by atoms with Crippen molar-refractivity contribution >= 4 is 5.91 Å². The monoisotopic (exact) mass is 160 g/mol. The van der Waals surface area contributed by atoms with Crippen molar-refractivity contribution in [2.24, 2.45) is 0 Å². The van der Waals surface area contributed by atoms with Gasteiger partial charge in [0.25, 0.3) is 0 Å². The van der Waals surface area contributed by atoms with Crippen LogP contribution in [0.3, 0.4) is 0 Å². The summed E-state index contributed by atoms with van der Waals surface area (Å²) in [6.45, 7) is 5.08. The van der Waals surface area contributed by atoms with Crippen LogP contribution in [0.1, 0.15) is 20.3 Å². The molecule has 0 aromatic carbocycles. The van der Waals surface area contributed by atoms with Gasteiger partial charge in [-0.1, -0.05) is 13.8 Å². The predicted octanol–water partition coefficient (Wildman–Crippen LogP) is 0.710. The van der Waals surface area contributed by atoms with Crippen LogP contribution >= 0.6 is 0 Å². The first-order valence-corrected chi connectivity index (χ1v) is 3.93. The van der Waals surface area contributed by atoms with E-state index in [0.717, 1.165) is 6.54 Å². The molecule has 0 bridgehead atoms. The highest BCUT2D eigenvalue weighted by Crippen LogP contribution is 1.68. The molecule has 0 heterocycles. The van der Waals surface area contributed by atoms with Crippen molar-refractivity contribution in [1.29, 1.82) is 0 Å². The van der Waals surface area contributed by atoms with E-state index in [0.29, 0.717) is 6.42 Å². The maximum absolute atomic E-state index is 10.1. The summed E-state index contributed by atoms with van der Waals surface area (Å²) >= 11 is 0. The fraction of sp³-hybridized carbons (Fsp3) is 0.875. The third kappa shape index (κ3) is 17.7. The smallest absolute Gasteiger partial charge is 0.219 e. The fourth-order valence-electron chi connectivity index (χ4n) is 0.177. The first kappa shape index (κ1) is 13.1. The fourth-order valence-corrected chi connectivity index (χ4v) is 0.177. The summed E-state index contributed by atoms with van der Waals surface area (Å²) in [5.74, 6) is 0.0926. The summed E-state index contributed by atoms with van der Waals surface area (Å²) in [7, 11) is 5.74. The van der Waals surface area contributed by atoms with Crippen LogP contribution in [0.5, 0.6) is 0 Å². The number of carbonyl (C=O) groups excluding carboxylic acids is 1. The van der Waals surface area contributed by atoms with E-state index in [4.69, 9.17) is 0 Å². The minimum absolute atomic E-state index is 0.0926. The Morgan fingerprint density at radius 3 is 1.73 bits per heavy atom. The van der Waals surface area contributed by atoms with Crippen molar-refractivity contribution in [1.82, 2.24) is 10.2 Å². The molecule has 0 saturated carbocycles. The van der Waals surface area contributed by atoms with E-state index < -0.39 is 0 Å². The topological polar surface area (TPSA) is 32.3 Å². The van der Waals surface area contributed by atoms with Crippen LogP contribution in [0, 0.1) is 0 Å². The Bertz CT molecular complexity index is 86.1. The highest BCUT2D eigenvalue weighted by Gasteiger charge is 1.84. The molecule has 68 valence electrons. The summed E-state index contributed by atoms with van der Waals surface area (Å²) < 4.78 is 0. The van der Waals surface area contributed by atoms with E-state index in [1.807, 2.05) is 6.92 Å². The van der Waals surface area contributed by atoms with Gasteiger partial charge in [0.05, 0.1) is 0 Å². The highest BCUT2D eigenvalue weighted by molar-refractivity contribution is 5.74. The van der Waals surface area contributed by atoms with Crippen LogP contribution < -0.4 is 5.32 Å². The van der Waals surface area contributed by atoms with Crippen LogP contribution in [0.15, 0.2) is 0 Å². The lowest BCUT2D eigenvalue weighted by atomic mass is 10.5. The van der Waals surface area contributed by atoms with Crippen molar-refractivity contribution in [2.45, 2.75) is 20.3 Å². The van der Waals surface area contributed by atoms with Gasteiger partial charge in [-0.3, -0.25) is 4.79 Å². The molecule has 0 aromatic rings. The molecule has 1 N–H and O–H groups in total. The molecular weight excluding hydrogens is 140 g/mol. The Hall–Kier alpha value is -0.570. The van der Waals surface area contributed by atoms with Crippen molar-refractivity contribution in [3.8, 4) is 0 Å². The van der Waals surface area contributed by atoms with Gasteiger partial charge in [-0.15, -0.1) is 0 Å². The zero-order chi connectivity index (χ0) is 9.28. The Kier molecular flexibility index (Phi) is 11.2. The molecule has 0 fully saturated rings. The predicted molar refractivity (Wildman–Crippen MR) is 48.6 cm³/mol.